The van der Waals surface area contributed by atoms with E-state index in [0.29, 0.717) is 11.6 Å². The first kappa shape index (κ1) is 18.6. The van der Waals surface area contributed by atoms with E-state index in [0.717, 1.165) is 32.0 Å². The van der Waals surface area contributed by atoms with Crippen LogP contribution in [0.5, 0.6) is 0 Å². The van der Waals surface area contributed by atoms with Gasteiger partial charge in [-0.25, -0.2) is 9.97 Å². The molecule has 0 saturated carbocycles. The van der Waals surface area contributed by atoms with Crippen molar-refractivity contribution in [3.05, 3.63) is 42.1 Å². The van der Waals surface area contributed by atoms with Gasteiger partial charge in [0.05, 0.1) is 5.69 Å². The summed E-state index contributed by atoms with van der Waals surface area (Å²) in [7, 11) is 0. The van der Waals surface area contributed by atoms with Gasteiger partial charge in [-0.2, -0.15) is 13.2 Å². The molecule has 1 N–H and O–H groups in total. The predicted molar refractivity (Wildman–Crippen MR) is 95.8 cm³/mol. The molecular formula is C19H23F3N4. The zero-order chi connectivity index (χ0) is 18.7. The molecule has 140 valence electrons. The Bertz CT molecular complexity index is 723. The van der Waals surface area contributed by atoms with Crippen LogP contribution in [0.2, 0.25) is 0 Å². The van der Waals surface area contributed by atoms with Gasteiger partial charge in [-0.1, -0.05) is 30.3 Å². The highest BCUT2D eigenvalue weighted by molar-refractivity contribution is 5.61. The molecule has 1 saturated heterocycles. The number of anilines is 1. The van der Waals surface area contributed by atoms with E-state index < -0.39 is 11.9 Å². The summed E-state index contributed by atoms with van der Waals surface area (Å²) in [5.41, 5.74) is -0.0124. The number of nitrogens with one attached hydrogen (secondary N) is 1. The SMILES string of the molecule is CC(C)N1CCC(Nc2nc(-c3ccccc3)cc(C(F)(F)F)n2)CC1. The largest absolute Gasteiger partial charge is 0.433 e. The van der Waals surface area contributed by atoms with Gasteiger partial charge in [0.1, 0.15) is 0 Å². The summed E-state index contributed by atoms with van der Waals surface area (Å²) in [5.74, 6) is 0.0432. The molecule has 0 atom stereocenters. The molecule has 0 radical (unpaired) electrons. The second-order valence-corrected chi connectivity index (χ2v) is 6.87. The third-order valence-corrected chi connectivity index (χ3v) is 4.68. The molecule has 4 nitrogen and oxygen atoms in total. The minimum atomic E-state index is -4.51. The van der Waals surface area contributed by atoms with Gasteiger partial charge in [0, 0.05) is 30.7 Å². The van der Waals surface area contributed by atoms with E-state index in [2.05, 4.69) is 34.0 Å². The lowest BCUT2D eigenvalue weighted by molar-refractivity contribution is -0.141. The summed E-state index contributed by atoms with van der Waals surface area (Å²) >= 11 is 0. The van der Waals surface area contributed by atoms with Crippen LogP contribution in [0.25, 0.3) is 11.3 Å². The normalized spacial score (nSPS) is 16.8. The molecule has 0 spiro atoms. The maximum atomic E-state index is 13.3. The minimum Gasteiger partial charge on any atom is -0.351 e. The van der Waals surface area contributed by atoms with Crippen LogP contribution in [0.15, 0.2) is 36.4 Å². The second kappa shape index (κ2) is 7.61. The van der Waals surface area contributed by atoms with E-state index in [4.69, 9.17) is 0 Å². The number of benzene rings is 1. The summed E-state index contributed by atoms with van der Waals surface area (Å²) in [5, 5.41) is 3.11. The number of likely N-dealkylation sites (tertiary alicyclic amines) is 1. The van der Waals surface area contributed by atoms with Crippen LogP contribution in [0.4, 0.5) is 19.1 Å². The summed E-state index contributed by atoms with van der Waals surface area (Å²) < 4.78 is 39.8. The fourth-order valence-electron chi connectivity index (χ4n) is 3.16. The van der Waals surface area contributed by atoms with Crippen molar-refractivity contribution in [3.63, 3.8) is 0 Å². The Balaban J connectivity index is 1.83. The standard InChI is InChI=1S/C19H23F3N4/c1-13(2)26-10-8-15(9-11-26)23-18-24-16(14-6-4-3-5-7-14)12-17(25-18)19(20,21)22/h3-7,12-13,15H,8-11H2,1-2H3,(H,23,24,25). The minimum absolute atomic E-state index is 0.0432. The number of hydrogen-bond donors (Lipinski definition) is 1. The Morgan fingerprint density at radius 1 is 1.08 bits per heavy atom. The Kier molecular flexibility index (Phi) is 5.46. The average molecular weight is 364 g/mol. The monoisotopic (exact) mass is 364 g/mol. The van der Waals surface area contributed by atoms with Gasteiger partial charge in [-0.3, -0.25) is 0 Å². The molecule has 0 bridgehead atoms. The van der Waals surface area contributed by atoms with Crippen molar-refractivity contribution in [3.8, 4) is 11.3 Å². The van der Waals surface area contributed by atoms with Crippen molar-refractivity contribution in [1.82, 2.24) is 14.9 Å². The van der Waals surface area contributed by atoms with Gasteiger partial charge in [-0.15, -0.1) is 0 Å². The zero-order valence-electron chi connectivity index (χ0n) is 14.9. The number of rotatable bonds is 4. The van der Waals surface area contributed by atoms with E-state index in [1.807, 2.05) is 6.07 Å². The summed E-state index contributed by atoms with van der Waals surface area (Å²) in [4.78, 5) is 10.4. The van der Waals surface area contributed by atoms with Gasteiger partial charge in [0.2, 0.25) is 5.95 Å². The molecule has 0 unspecified atom stereocenters. The second-order valence-electron chi connectivity index (χ2n) is 6.87. The molecule has 1 fully saturated rings. The van der Waals surface area contributed by atoms with Gasteiger partial charge in [0.25, 0.3) is 0 Å². The maximum absolute atomic E-state index is 13.3. The van der Waals surface area contributed by atoms with E-state index in [1.54, 1.807) is 24.3 Å². The predicted octanol–water partition coefficient (Wildman–Crippen LogP) is 4.45. The fraction of sp³-hybridized carbons (Fsp3) is 0.474. The first-order valence-electron chi connectivity index (χ1n) is 8.85. The number of hydrogen-bond acceptors (Lipinski definition) is 4. The molecule has 1 aliphatic heterocycles. The molecule has 1 aromatic carbocycles. The number of nitrogens with zero attached hydrogens (tertiary/aromatic N) is 3. The molecule has 0 amide bonds. The first-order chi connectivity index (χ1) is 12.3. The van der Waals surface area contributed by atoms with Crippen molar-refractivity contribution in [2.75, 3.05) is 18.4 Å². The van der Waals surface area contributed by atoms with Crippen LogP contribution in [0, 0.1) is 0 Å². The van der Waals surface area contributed by atoms with Gasteiger partial charge >= 0.3 is 6.18 Å². The van der Waals surface area contributed by atoms with E-state index >= 15 is 0 Å². The first-order valence-corrected chi connectivity index (χ1v) is 8.85. The number of alkyl halides is 3. The number of halogens is 3. The highest BCUT2D eigenvalue weighted by atomic mass is 19.4. The van der Waals surface area contributed by atoms with Crippen LogP contribution >= 0.6 is 0 Å². The quantitative estimate of drug-likeness (QED) is 0.870. The highest BCUT2D eigenvalue weighted by Crippen LogP contribution is 2.31. The molecule has 2 aromatic rings. The van der Waals surface area contributed by atoms with Crippen molar-refractivity contribution in [2.45, 2.75) is 44.9 Å². The van der Waals surface area contributed by atoms with E-state index in [-0.39, 0.29) is 17.7 Å². The van der Waals surface area contributed by atoms with Crippen LogP contribution in [-0.4, -0.2) is 40.0 Å². The van der Waals surface area contributed by atoms with Crippen LogP contribution in [-0.2, 0) is 6.18 Å². The highest BCUT2D eigenvalue weighted by Gasteiger charge is 2.34. The summed E-state index contributed by atoms with van der Waals surface area (Å²) in [6.07, 6.45) is -2.79. The fourth-order valence-corrected chi connectivity index (χ4v) is 3.16. The lowest BCUT2D eigenvalue weighted by Gasteiger charge is -2.34. The van der Waals surface area contributed by atoms with Crippen LogP contribution < -0.4 is 5.32 Å². The number of aromatic nitrogens is 2. The third-order valence-electron chi connectivity index (χ3n) is 4.68. The van der Waals surface area contributed by atoms with E-state index in [1.165, 1.54) is 0 Å². The molecule has 1 aromatic heterocycles. The molecule has 7 heteroatoms. The third kappa shape index (κ3) is 4.52. The Labute approximate surface area is 151 Å². The van der Waals surface area contributed by atoms with Gasteiger partial charge in [0.15, 0.2) is 5.69 Å². The van der Waals surface area contributed by atoms with Gasteiger partial charge < -0.3 is 10.2 Å². The smallest absolute Gasteiger partial charge is 0.351 e. The zero-order valence-corrected chi connectivity index (χ0v) is 14.9. The Morgan fingerprint density at radius 3 is 2.31 bits per heavy atom. The molecule has 2 heterocycles. The number of piperidine rings is 1. The van der Waals surface area contributed by atoms with Crippen molar-refractivity contribution in [1.29, 1.82) is 0 Å². The summed E-state index contributed by atoms with van der Waals surface area (Å²) in [6.45, 7) is 6.13. The summed E-state index contributed by atoms with van der Waals surface area (Å²) in [6, 6.07) is 10.4. The molecular weight excluding hydrogens is 341 g/mol. The maximum Gasteiger partial charge on any atom is 0.433 e. The topological polar surface area (TPSA) is 41.0 Å². The van der Waals surface area contributed by atoms with E-state index in [9.17, 15) is 13.2 Å². The average Bonchev–Trinajstić information content (AvgIpc) is 2.62. The molecule has 1 aliphatic rings. The van der Waals surface area contributed by atoms with Crippen molar-refractivity contribution in [2.24, 2.45) is 0 Å². The molecule has 3 rings (SSSR count). The van der Waals surface area contributed by atoms with Crippen LogP contribution in [0.3, 0.4) is 0 Å². The van der Waals surface area contributed by atoms with Crippen LogP contribution in [0.1, 0.15) is 32.4 Å². The molecule has 26 heavy (non-hydrogen) atoms. The van der Waals surface area contributed by atoms with Gasteiger partial charge in [-0.05, 0) is 32.8 Å². The molecule has 0 aliphatic carbocycles. The van der Waals surface area contributed by atoms with Crippen molar-refractivity contribution < 1.29 is 13.2 Å². The lowest BCUT2D eigenvalue weighted by atomic mass is 10.0. The Morgan fingerprint density at radius 2 is 1.73 bits per heavy atom. The lowest BCUT2D eigenvalue weighted by Crippen LogP contribution is -2.42. The van der Waals surface area contributed by atoms with Crippen molar-refractivity contribution >= 4 is 5.95 Å². The Hall–Kier alpha value is -2.15.